The number of nitrogens with two attached hydrogens (primary N) is 1. The van der Waals surface area contributed by atoms with Gasteiger partial charge in [-0.15, -0.1) is 0 Å². The number of piperidine rings is 1. The van der Waals surface area contributed by atoms with Crippen molar-refractivity contribution in [2.75, 3.05) is 49.2 Å². The molecule has 6 rings (SSSR count). The van der Waals surface area contributed by atoms with Crippen molar-refractivity contribution in [1.29, 1.82) is 0 Å². The molecule has 3 aromatic rings. The second-order valence-electron chi connectivity index (χ2n) is 9.83. The standard InChI is InChI=1S/C25H24F4N6O3/c1-11-14(6-33-23-21(11)31-2-3-37-23)13-4-12-5-18(32-7-15(12)20(30)19(13)26)34-24(36)38-22-16-8-35(9-17(16)22)10-25(27,28)29/h4-7,16-17,22,31H,2-3,8-10,30H2,1H3,(H,32,34,36). The van der Waals surface area contributed by atoms with Crippen molar-refractivity contribution in [2.24, 2.45) is 11.8 Å². The zero-order valence-corrected chi connectivity index (χ0v) is 20.2. The summed E-state index contributed by atoms with van der Waals surface area (Å²) in [5.74, 6) is -0.202. The number of anilines is 3. The summed E-state index contributed by atoms with van der Waals surface area (Å²) < 4.78 is 64.0. The molecule has 1 saturated carbocycles. The van der Waals surface area contributed by atoms with Crippen molar-refractivity contribution in [3.8, 4) is 17.0 Å². The third-order valence-corrected chi connectivity index (χ3v) is 7.30. The van der Waals surface area contributed by atoms with Crippen LogP contribution >= 0.6 is 0 Å². The van der Waals surface area contributed by atoms with Crippen molar-refractivity contribution < 1.29 is 31.8 Å². The first kappa shape index (κ1) is 24.5. The number of hydrogen-bond acceptors (Lipinski definition) is 8. The maximum atomic E-state index is 15.3. The first-order valence-electron chi connectivity index (χ1n) is 12.1. The van der Waals surface area contributed by atoms with E-state index >= 15 is 4.39 Å². The van der Waals surface area contributed by atoms with Crippen LogP contribution in [0.4, 0.5) is 39.5 Å². The van der Waals surface area contributed by atoms with Crippen molar-refractivity contribution in [2.45, 2.75) is 19.2 Å². The molecule has 0 spiro atoms. The number of alkyl halides is 3. The molecule has 1 saturated heterocycles. The van der Waals surface area contributed by atoms with Gasteiger partial charge >= 0.3 is 12.3 Å². The van der Waals surface area contributed by atoms with E-state index in [0.29, 0.717) is 41.1 Å². The molecule has 1 amide bonds. The van der Waals surface area contributed by atoms with Crippen LogP contribution in [0.3, 0.4) is 0 Å². The summed E-state index contributed by atoms with van der Waals surface area (Å²) in [6, 6.07) is 3.16. The zero-order valence-electron chi connectivity index (χ0n) is 20.2. The Kier molecular flexibility index (Phi) is 5.70. The number of pyridine rings is 2. The zero-order chi connectivity index (χ0) is 26.8. The molecule has 13 heteroatoms. The van der Waals surface area contributed by atoms with Gasteiger partial charge in [0.25, 0.3) is 0 Å². The van der Waals surface area contributed by atoms with Gasteiger partial charge in [0, 0.05) is 60.4 Å². The number of hydrogen-bond donors (Lipinski definition) is 3. The highest BCUT2D eigenvalue weighted by Crippen LogP contribution is 2.48. The number of aromatic nitrogens is 2. The Morgan fingerprint density at radius 1 is 1.24 bits per heavy atom. The fraction of sp³-hybridized carbons (Fsp3) is 0.400. The van der Waals surface area contributed by atoms with Crippen LogP contribution in [0, 0.1) is 24.6 Å². The second kappa shape index (κ2) is 8.86. The molecule has 1 aromatic carbocycles. The summed E-state index contributed by atoms with van der Waals surface area (Å²) in [6.45, 7) is 2.44. The number of likely N-dealkylation sites (tertiary alicyclic amines) is 1. The van der Waals surface area contributed by atoms with E-state index in [9.17, 15) is 18.0 Å². The lowest BCUT2D eigenvalue weighted by Gasteiger charge is -2.22. The molecule has 4 heterocycles. The molecule has 9 nitrogen and oxygen atoms in total. The van der Waals surface area contributed by atoms with Crippen LogP contribution in [0.25, 0.3) is 21.9 Å². The molecule has 2 unspecified atom stereocenters. The number of rotatable bonds is 4. The maximum absolute atomic E-state index is 15.3. The number of carbonyl (C=O) groups excluding carboxylic acids is 1. The number of carbonyl (C=O) groups is 1. The monoisotopic (exact) mass is 532 g/mol. The molecular formula is C25H24F4N6O3. The maximum Gasteiger partial charge on any atom is 0.413 e. The highest BCUT2D eigenvalue weighted by atomic mass is 19.4. The van der Waals surface area contributed by atoms with E-state index in [4.69, 9.17) is 15.2 Å². The summed E-state index contributed by atoms with van der Waals surface area (Å²) in [6.07, 6.45) is -2.53. The topological polar surface area (TPSA) is 115 Å². The van der Waals surface area contributed by atoms with Crippen LogP contribution in [-0.4, -0.2) is 66.0 Å². The van der Waals surface area contributed by atoms with Crippen molar-refractivity contribution in [3.63, 3.8) is 0 Å². The fourth-order valence-corrected chi connectivity index (χ4v) is 5.43. The molecule has 2 aliphatic heterocycles. The quantitative estimate of drug-likeness (QED) is 0.339. The first-order valence-corrected chi connectivity index (χ1v) is 12.1. The van der Waals surface area contributed by atoms with Crippen LogP contribution in [0.15, 0.2) is 24.5 Å². The van der Waals surface area contributed by atoms with E-state index in [1.54, 1.807) is 12.1 Å². The molecule has 0 radical (unpaired) electrons. The molecule has 3 aliphatic rings. The molecule has 2 aromatic heterocycles. The van der Waals surface area contributed by atoms with Crippen LogP contribution in [0.1, 0.15) is 5.56 Å². The fourth-order valence-electron chi connectivity index (χ4n) is 5.43. The smallest absolute Gasteiger partial charge is 0.413 e. The van der Waals surface area contributed by atoms with Gasteiger partial charge in [-0.05, 0) is 30.0 Å². The van der Waals surface area contributed by atoms with E-state index in [1.807, 2.05) is 6.92 Å². The van der Waals surface area contributed by atoms with Gasteiger partial charge in [-0.1, -0.05) is 0 Å². The van der Waals surface area contributed by atoms with Gasteiger partial charge in [-0.3, -0.25) is 10.2 Å². The summed E-state index contributed by atoms with van der Waals surface area (Å²) in [4.78, 5) is 22.2. The number of nitrogen functional groups attached to an aromatic ring is 1. The number of halogens is 4. The molecule has 2 fully saturated rings. The molecule has 2 atom stereocenters. The van der Waals surface area contributed by atoms with Crippen LogP contribution in [-0.2, 0) is 4.74 Å². The van der Waals surface area contributed by atoms with Crippen LogP contribution in [0.2, 0.25) is 0 Å². The van der Waals surface area contributed by atoms with Gasteiger partial charge in [-0.25, -0.2) is 19.2 Å². The number of benzene rings is 1. The Morgan fingerprint density at radius 3 is 2.74 bits per heavy atom. The normalized spacial score (nSPS) is 22.3. The minimum Gasteiger partial charge on any atom is -0.474 e. The lowest BCUT2D eigenvalue weighted by atomic mass is 9.97. The van der Waals surface area contributed by atoms with Gasteiger partial charge in [0.2, 0.25) is 5.88 Å². The van der Waals surface area contributed by atoms with Crippen molar-refractivity contribution in [1.82, 2.24) is 14.9 Å². The van der Waals surface area contributed by atoms with E-state index in [1.165, 1.54) is 17.3 Å². The third-order valence-electron chi connectivity index (χ3n) is 7.30. The van der Waals surface area contributed by atoms with E-state index < -0.39 is 30.7 Å². The molecule has 200 valence electrons. The lowest BCUT2D eigenvalue weighted by Crippen LogP contribution is -2.35. The Bertz CT molecular complexity index is 1440. The highest BCUT2D eigenvalue weighted by Gasteiger charge is 2.59. The minimum atomic E-state index is -4.25. The number of fused-ring (bicyclic) bond motifs is 3. The Balaban J connectivity index is 1.19. The van der Waals surface area contributed by atoms with E-state index in [0.717, 1.165) is 5.56 Å². The summed E-state index contributed by atoms with van der Waals surface area (Å²) >= 11 is 0. The van der Waals surface area contributed by atoms with Gasteiger partial charge in [-0.2, -0.15) is 13.2 Å². The summed E-state index contributed by atoms with van der Waals surface area (Å²) in [7, 11) is 0. The molecule has 0 bridgehead atoms. The SMILES string of the molecule is Cc1c(-c2cc3cc(NC(=O)OC4C5CN(CC(F)(F)F)CC54)ncc3c(N)c2F)cnc2c1NCCO2. The number of ether oxygens (including phenoxy) is 2. The van der Waals surface area contributed by atoms with Gasteiger partial charge in [0.15, 0.2) is 5.82 Å². The summed E-state index contributed by atoms with van der Waals surface area (Å²) in [5, 5.41) is 6.69. The predicted octanol–water partition coefficient (Wildman–Crippen LogP) is 4.17. The van der Waals surface area contributed by atoms with Gasteiger partial charge < -0.3 is 20.5 Å². The average molecular weight is 532 g/mol. The second-order valence-corrected chi connectivity index (χ2v) is 9.83. The first-order chi connectivity index (χ1) is 18.1. The Morgan fingerprint density at radius 2 is 2.00 bits per heavy atom. The van der Waals surface area contributed by atoms with Crippen molar-refractivity contribution >= 4 is 34.1 Å². The van der Waals surface area contributed by atoms with Crippen LogP contribution < -0.4 is 21.1 Å². The summed E-state index contributed by atoms with van der Waals surface area (Å²) in [5.41, 5.74) is 8.25. The number of nitrogens with zero attached hydrogens (tertiary/aromatic N) is 3. The molecule has 38 heavy (non-hydrogen) atoms. The van der Waals surface area contributed by atoms with E-state index in [-0.39, 0.29) is 42.0 Å². The molecular weight excluding hydrogens is 508 g/mol. The van der Waals surface area contributed by atoms with Gasteiger partial charge in [0.1, 0.15) is 24.2 Å². The Labute approximate surface area is 214 Å². The highest BCUT2D eigenvalue weighted by molar-refractivity contribution is 5.99. The van der Waals surface area contributed by atoms with Crippen molar-refractivity contribution in [3.05, 3.63) is 35.9 Å². The molecule has 1 aliphatic carbocycles. The third kappa shape index (κ3) is 4.40. The lowest BCUT2D eigenvalue weighted by molar-refractivity contribution is -0.145. The minimum absolute atomic E-state index is 0.0883. The average Bonchev–Trinajstić information content (AvgIpc) is 3.29. The predicted molar refractivity (Wildman–Crippen MR) is 131 cm³/mol. The van der Waals surface area contributed by atoms with E-state index in [2.05, 4.69) is 20.6 Å². The molecule has 4 N–H and O–H groups in total. The largest absolute Gasteiger partial charge is 0.474 e. The van der Waals surface area contributed by atoms with Gasteiger partial charge in [0.05, 0.1) is 12.2 Å². The number of nitrogens with one attached hydrogen (secondary N) is 2. The number of amides is 1. The van der Waals surface area contributed by atoms with Crippen LogP contribution in [0.5, 0.6) is 5.88 Å². The Hall–Kier alpha value is -3.87.